The Balaban J connectivity index is 0. The minimum Gasteiger partial charge on any atom is -0.466 e. The molecule has 3 nitrogen and oxygen atoms in total. The molecule has 0 aromatic carbocycles. The Morgan fingerprint density at radius 2 is 1.85 bits per heavy atom. The van der Waals surface area contributed by atoms with Gasteiger partial charge in [-0.2, -0.15) is 0 Å². The molecule has 2 N–H and O–H groups in total. The van der Waals surface area contributed by atoms with Crippen molar-refractivity contribution >= 4 is 18.4 Å². The van der Waals surface area contributed by atoms with E-state index in [0.29, 0.717) is 13.0 Å². The Hall–Kier alpha value is -0.280. The van der Waals surface area contributed by atoms with E-state index >= 15 is 0 Å². The molecule has 0 heterocycles. The van der Waals surface area contributed by atoms with Crippen LogP contribution in [0.4, 0.5) is 0 Å². The van der Waals surface area contributed by atoms with Gasteiger partial charge in [0.15, 0.2) is 0 Å². The predicted octanol–water partition coefficient (Wildman–Crippen LogP) is 1.88. The summed E-state index contributed by atoms with van der Waals surface area (Å²) in [5.74, 6) is -0.0785. The second kappa shape index (κ2) is 11.7. The number of carbonyl (C=O) groups is 1. The summed E-state index contributed by atoms with van der Waals surface area (Å²) in [4.78, 5) is 10.8. The van der Waals surface area contributed by atoms with E-state index < -0.39 is 0 Å². The van der Waals surface area contributed by atoms with E-state index in [1.165, 1.54) is 0 Å². The van der Waals surface area contributed by atoms with E-state index in [-0.39, 0.29) is 18.4 Å². The lowest BCUT2D eigenvalue weighted by atomic mass is 10.1. The van der Waals surface area contributed by atoms with Crippen LogP contribution in [-0.2, 0) is 9.53 Å². The van der Waals surface area contributed by atoms with Crippen molar-refractivity contribution < 1.29 is 9.53 Å². The Morgan fingerprint density at radius 1 is 1.23 bits per heavy atom. The summed E-state index contributed by atoms with van der Waals surface area (Å²) in [6.45, 7) is 3.06. The van der Waals surface area contributed by atoms with Gasteiger partial charge in [-0.05, 0) is 26.3 Å². The third-order valence-electron chi connectivity index (χ3n) is 1.64. The van der Waals surface area contributed by atoms with Gasteiger partial charge in [-0.3, -0.25) is 4.79 Å². The van der Waals surface area contributed by atoms with Gasteiger partial charge in [-0.15, -0.1) is 12.4 Å². The molecule has 0 aromatic heterocycles. The lowest BCUT2D eigenvalue weighted by Crippen LogP contribution is -2.03. The minimum atomic E-state index is -0.0785. The number of esters is 1. The number of ether oxygens (including phenoxy) is 1. The topological polar surface area (TPSA) is 52.3 Å². The van der Waals surface area contributed by atoms with Crippen molar-refractivity contribution in [2.24, 2.45) is 5.73 Å². The molecule has 0 aliphatic rings. The molecule has 13 heavy (non-hydrogen) atoms. The predicted molar refractivity (Wildman–Crippen MR) is 56.0 cm³/mol. The van der Waals surface area contributed by atoms with Gasteiger partial charge in [0, 0.05) is 6.42 Å². The lowest BCUT2D eigenvalue weighted by molar-refractivity contribution is -0.143. The first kappa shape index (κ1) is 15.2. The van der Waals surface area contributed by atoms with Crippen molar-refractivity contribution in [2.45, 2.75) is 39.0 Å². The van der Waals surface area contributed by atoms with E-state index in [2.05, 4.69) is 0 Å². The molecule has 0 saturated heterocycles. The molecule has 0 atom stereocenters. The van der Waals surface area contributed by atoms with Gasteiger partial charge in [0.05, 0.1) is 6.61 Å². The number of unbranched alkanes of at least 4 members (excludes halogenated alkanes) is 3. The number of hydrogen-bond donors (Lipinski definition) is 1. The Kier molecular flexibility index (Phi) is 13.7. The van der Waals surface area contributed by atoms with Crippen molar-refractivity contribution in [2.75, 3.05) is 13.2 Å². The fraction of sp³-hybridized carbons (Fsp3) is 0.889. The molecule has 0 bridgehead atoms. The van der Waals surface area contributed by atoms with Crippen LogP contribution in [0.2, 0.25) is 0 Å². The Morgan fingerprint density at radius 3 is 2.38 bits per heavy atom. The van der Waals surface area contributed by atoms with Crippen LogP contribution in [0, 0.1) is 0 Å². The van der Waals surface area contributed by atoms with Crippen LogP contribution in [0.15, 0.2) is 0 Å². The summed E-state index contributed by atoms with van der Waals surface area (Å²) in [6, 6.07) is 0. The maximum atomic E-state index is 10.8. The van der Waals surface area contributed by atoms with E-state index in [1.54, 1.807) is 0 Å². The summed E-state index contributed by atoms with van der Waals surface area (Å²) in [6.07, 6.45) is 4.74. The van der Waals surface area contributed by atoms with Crippen LogP contribution in [0.3, 0.4) is 0 Å². The summed E-state index contributed by atoms with van der Waals surface area (Å²) >= 11 is 0. The molecule has 0 radical (unpaired) electrons. The van der Waals surface area contributed by atoms with Crippen LogP contribution in [0.25, 0.3) is 0 Å². The van der Waals surface area contributed by atoms with Gasteiger partial charge in [0.2, 0.25) is 0 Å². The van der Waals surface area contributed by atoms with Gasteiger partial charge in [0.25, 0.3) is 0 Å². The molecular formula is C9H20ClNO2. The first-order chi connectivity index (χ1) is 5.81. The molecule has 4 heteroatoms. The maximum Gasteiger partial charge on any atom is 0.305 e. The number of hydrogen-bond acceptors (Lipinski definition) is 3. The zero-order valence-corrected chi connectivity index (χ0v) is 9.07. The lowest BCUT2D eigenvalue weighted by Gasteiger charge is -2.00. The highest BCUT2D eigenvalue weighted by atomic mass is 35.5. The first-order valence-electron chi connectivity index (χ1n) is 4.67. The van der Waals surface area contributed by atoms with E-state index in [1.807, 2.05) is 6.92 Å². The highest BCUT2D eigenvalue weighted by molar-refractivity contribution is 5.85. The maximum absolute atomic E-state index is 10.8. The van der Waals surface area contributed by atoms with Crippen LogP contribution in [0.1, 0.15) is 39.0 Å². The number of nitrogens with two attached hydrogens (primary N) is 1. The van der Waals surface area contributed by atoms with Crippen molar-refractivity contribution in [1.29, 1.82) is 0 Å². The quantitative estimate of drug-likeness (QED) is 0.515. The smallest absolute Gasteiger partial charge is 0.305 e. The van der Waals surface area contributed by atoms with E-state index in [9.17, 15) is 4.79 Å². The number of carbonyl (C=O) groups excluding carboxylic acids is 1. The van der Waals surface area contributed by atoms with Gasteiger partial charge in [-0.25, -0.2) is 0 Å². The number of halogens is 1. The van der Waals surface area contributed by atoms with E-state index in [0.717, 1.165) is 32.2 Å². The third kappa shape index (κ3) is 11.7. The molecule has 0 saturated carbocycles. The Bertz CT molecular complexity index is 120. The molecule has 0 amide bonds. The van der Waals surface area contributed by atoms with Gasteiger partial charge in [-0.1, -0.05) is 12.8 Å². The highest BCUT2D eigenvalue weighted by Gasteiger charge is 1.99. The van der Waals surface area contributed by atoms with Crippen LogP contribution in [-0.4, -0.2) is 19.1 Å². The average Bonchev–Trinajstić information content (AvgIpc) is 2.05. The second-order valence-corrected chi connectivity index (χ2v) is 2.76. The fourth-order valence-electron chi connectivity index (χ4n) is 1.00. The molecule has 0 fully saturated rings. The average molecular weight is 210 g/mol. The summed E-state index contributed by atoms with van der Waals surface area (Å²) < 4.78 is 4.78. The van der Waals surface area contributed by atoms with Crippen molar-refractivity contribution in [3.05, 3.63) is 0 Å². The van der Waals surface area contributed by atoms with Crippen molar-refractivity contribution in [3.8, 4) is 0 Å². The zero-order chi connectivity index (χ0) is 9.23. The monoisotopic (exact) mass is 209 g/mol. The molecule has 80 valence electrons. The second-order valence-electron chi connectivity index (χ2n) is 2.76. The molecular weight excluding hydrogens is 190 g/mol. The molecule has 0 spiro atoms. The van der Waals surface area contributed by atoms with Gasteiger partial charge >= 0.3 is 5.97 Å². The molecule has 0 unspecified atom stereocenters. The minimum absolute atomic E-state index is 0. The van der Waals surface area contributed by atoms with Crippen LogP contribution >= 0.6 is 12.4 Å². The van der Waals surface area contributed by atoms with Gasteiger partial charge < -0.3 is 10.5 Å². The van der Waals surface area contributed by atoms with E-state index in [4.69, 9.17) is 10.5 Å². The Labute approximate surface area is 86.4 Å². The van der Waals surface area contributed by atoms with Crippen LogP contribution in [0.5, 0.6) is 0 Å². The molecule has 0 aliphatic heterocycles. The van der Waals surface area contributed by atoms with Crippen molar-refractivity contribution in [1.82, 2.24) is 0 Å². The standard InChI is InChI=1S/C9H19NO2.ClH/c1-2-12-9(11)7-5-3-4-6-8-10;/h2-8,10H2,1H3;1H. The third-order valence-corrected chi connectivity index (χ3v) is 1.64. The van der Waals surface area contributed by atoms with Crippen molar-refractivity contribution in [3.63, 3.8) is 0 Å². The number of rotatable bonds is 7. The zero-order valence-electron chi connectivity index (χ0n) is 8.25. The summed E-state index contributed by atoms with van der Waals surface area (Å²) in [5, 5.41) is 0. The highest BCUT2D eigenvalue weighted by Crippen LogP contribution is 2.02. The molecule has 0 aromatic rings. The van der Waals surface area contributed by atoms with Crippen LogP contribution < -0.4 is 5.73 Å². The molecule has 0 rings (SSSR count). The largest absolute Gasteiger partial charge is 0.466 e. The fourth-order valence-corrected chi connectivity index (χ4v) is 1.00. The summed E-state index contributed by atoms with van der Waals surface area (Å²) in [7, 11) is 0. The molecule has 0 aliphatic carbocycles. The SMILES string of the molecule is CCOC(=O)CCCCCCN.Cl. The summed E-state index contributed by atoms with van der Waals surface area (Å²) in [5.41, 5.74) is 5.33. The van der Waals surface area contributed by atoms with Gasteiger partial charge in [0.1, 0.15) is 0 Å². The first-order valence-corrected chi connectivity index (χ1v) is 4.67. The normalized spacial score (nSPS) is 9.08.